The fraction of sp³-hybridized carbons (Fsp3) is 0.583. The van der Waals surface area contributed by atoms with E-state index in [1.165, 1.54) is 4.68 Å². The summed E-state index contributed by atoms with van der Waals surface area (Å²) < 4.78 is 2.05. The number of aromatic nitrogens is 3. The Kier molecular flexibility index (Phi) is 9.70. The molecule has 0 bridgehead atoms. The summed E-state index contributed by atoms with van der Waals surface area (Å²) in [6, 6.07) is 7.18. The number of benzene rings is 1. The third-order valence-corrected chi connectivity index (χ3v) is 6.19. The van der Waals surface area contributed by atoms with Crippen molar-refractivity contribution in [3.05, 3.63) is 45.3 Å². The van der Waals surface area contributed by atoms with Crippen LogP contribution in [-0.4, -0.2) is 46.3 Å². The monoisotopic (exact) mass is 476 g/mol. The summed E-state index contributed by atoms with van der Waals surface area (Å²) in [5.41, 5.74) is 0.0986. The van der Waals surface area contributed by atoms with Gasteiger partial charge in [0.25, 0.3) is 0 Å². The lowest BCUT2D eigenvalue weighted by Gasteiger charge is -2.32. The smallest absolute Gasteiger partial charge is 0.346 e. The Morgan fingerprint density at radius 1 is 1.24 bits per heavy atom. The van der Waals surface area contributed by atoms with E-state index < -0.39 is 17.3 Å². The minimum Gasteiger partial charge on any atom is -0.346 e. The number of hydrogen-bond donors (Lipinski definition) is 1. The third kappa shape index (κ3) is 7.19. The second kappa shape index (κ2) is 12.0. The maximum Gasteiger partial charge on any atom is 0.377 e. The number of rotatable bonds is 11. The van der Waals surface area contributed by atoms with Gasteiger partial charge in [0.05, 0.1) is 0 Å². The Labute approximate surface area is 201 Å². The summed E-state index contributed by atoms with van der Waals surface area (Å²) in [4.78, 5) is 27.8. The first-order valence-corrected chi connectivity index (χ1v) is 12.0. The SMILES string of the molecule is CCC(CC)(CCc1ccc(Cl)cc1)NC(=O)n1nc(N(C)C)n(N=CCCC(C)C)c1=O. The second-order valence-electron chi connectivity index (χ2n) is 9.01. The Hall–Kier alpha value is -2.61. The predicted octanol–water partition coefficient (Wildman–Crippen LogP) is 4.78. The Bertz CT molecular complexity index is 987. The zero-order chi connectivity index (χ0) is 24.6. The van der Waals surface area contributed by atoms with Gasteiger partial charge in [-0.3, -0.25) is 0 Å². The molecule has 0 saturated carbocycles. The highest BCUT2D eigenvalue weighted by Crippen LogP contribution is 2.23. The lowest BCUT2D eigenvalue weighted by molar-refractivity contribution is 0.213. The summed E-state index contributed by atoms with van der Waals surface area (Å²) in [6.45, 7) is 8.34. The van der Waals surface area contributed by atoms with E-state index in [4.69, 9.17) is 11.6 Å². The van der Waals surface area contributed by atoms with Gasteiger partial charge in [0, 0.05) is 30.9 Å². The van der Waals surface area contributed by atoms with E-state index in [2.05, 4.69) is 29.4 Å². The number of amides is 1. The fourth-order valence-corrected chi connectivity index (χ4v) is 3.69. The minimum atomic E-state index is -0.587. The molecule has 2 aromatic rings. The molecule has 0 spiro atoms. The molecule has 1 N–H and O–H groups in total. The van der Waals surface area contributed by atoms with Gasteiger partial charge in [0.2, 0.25) is 5.95 Å². The maximum absolute atomic E-state index is 13.2. The highest BCUT2D eigenvalue weighted by molar-refractivity contribution is 6.30. The Balaban J connectivity index is 2.23. The lowest BCUT2D eigenvalue weighted by Crippen LogP contribution is -2.51. The third-order valence-electron chi connectivity index (χ3n) is 5.94. The molecule has 0 unspecified atom stereocenters. The van der Waals surface area contributed by atoms with E-state index in [-0.39, 0.29) is 0 Å². The van der Waals surface area contributed by atoms with Crippen LogP contribution in [0.1, 0.15) is 65.4 Å². The lowest BCUT2D eigenvalue weighted by atomic mass is 9.86. The molecular weight excluding hydrogens is 440 g/mol. The number of nitrogens with one attached hydrogen (secondary N) is 1. The molecular formula is C24H37ClN6O2. The first-order valence-electron chi connectivity index (χ1n) is 11.6. The molecule has 2 rings (SSSR count). The first kappa shape index (κ1) is 26.6. The molecule has 0 saturated heterocycles. The zero-order valence-corrected chi connectivity index (χ0v) is 21.4. The van der Waals surface area contributed by atoms with Gasteiger partial charge in [-0.1, -0.05) is 51.4 Å². The van der Waals surface area contributed by atoms with E-state index in [0.29, 0.717) is 16.9 Å². The fourth-order valence-electron chi connectivity index (χ4n) is 3.57. The summed E-state index contributed by atoms with van der Waals surface area (Å²) in [5.74, 6) is 0.842. The topological polar surface area (TPSA) is 84.5 Å². The molecule has 0 fully saturated rings. The molecule has 33 heavy (non-hydrogen) atoms. The van der Waals surface area contributed by atoms with Gasteiger partial charge in [-0.2, -0.15) is 5.10 Å². The normalized spacial score (nSPS) is 12.0. The Morgan fingerprint density at radius 3 is 2.42 bits per heavy atom. The molecule has 0 radical (unpaired) electrons. The number of carbonyl (C=O) groups excluding carboxylic acids is 1. The van der Waals surface area contributed by atoms with Crippen molar-refractivity contribution in [2.24, 2.45) is 11.0 Å². The van der Waals surface area contributed by atoms with Gasteiger partial charge in [-0.15, -0.1) is 14.5 Å². The van der Waals surface area contributed by atoms with Crippen LogP contribution >= 0.6 is 11.6 Å². The van der Waals surface area contributed by atoms with Crippen LogP contribution in [-0.2, 0) is 6.42 Å². The van der Waals surface area contributed by atoms with Crippen molar-refractivity contribution in [3.63, 3.8) is 0 Å². The summed E-state index contributed by atoms with van der Waals surface area (Å²) in [7, 11) is 3.53. The van der Waals surface area contributed by atoms with Crippen LogP contribution in [0.5, 0.6) is 0 Å². The van der Waals surface area contributed by atoms with E-state index in [1.54, 1.807) is 25.2 Å². The Morgan fingerprint density at radius 2 is 1.88 bits per heavy atom. The number of nitrogens with zero attached hydrogens (tertiary/aromatic N) is 5. The first-order chi connectivity index (χ1) is 15.6. The molecule has 182 valence electrons. The molecule has 1 aromatic heterocycles. The highest BCUT2D eigenvalue weighted by Gasteiger charge is 2.30. The second-order valence-corrected chi connectivity index (χ2v) is 9.45. The summed E-state index contributed by atoms with van der Waals surface area (Å²) >= 11 is 5.99. The molecule has 9 heteroatoms. The number of carbonyl (C=O) groups is 1. The van der Waals surface area contributed by atoms with Crippen LogP contribution in [0, 0.1) is 5.92 Å². The van der Waals surface area contributed by atoms with Crippen molar-refractivity contribution >= 4 is 29.8 Å². The molecule has 0 atom stereocenters. The molecule has 0 aliphatic rings. The van der Waals surface area contributed by atoms with Gasteiger partial charge in [0.1, 0.15) is 0 Å². The van der Waals surface area contributed by atoms with E-state index in [1.807, 2.05) is 38.1 Å². The molecule has 1 heterocycles. The number of hydrogen-bond acceptors (Lipinski definition) is 5. The molecule has 0 aliphatic carbocycles. The average Bonchev–Trinajstić information content (AvgIpc) is 3.11. The van der Waals surface area contributed by atoms with Crippen LogP contribution in [0.15, 0.2) is 34.2 Å². The van der Waals surface area contributed by atoms with Crippen molar-refractivity contribution in [2.75, 3.05) is 19.0 Å². The van der Waals surface area contributed by atoms with Crippen LogP contribution in [0.3, 0.4) is 0 Å². The van der Waals surface area contributed by atoms with E-state index >= 15 is 0 Å². The summed E-state index contributed by atoms with van der Waals surface area (Å²) in [6.07, 6.45) is 6.38. The van der Waals surface area contributed by atoms with Crippen LogP contribution in [0.4, 0.5) is 10.7 Å². The molecule has 8 nitrogen and oxygen atoms in total. The van der Waals surface area contributed by atoms with Crippen molar-refractivity contribution < 1.29 is 4.79 Å². The van der Waals surface area contributed by atoms with Crippen molar-refractivity contribution in [3.8, 4) is 0 Å². The molecule has 1 aromatic carbocycles. The van der Waals surface area contributed by atoms with Gasteiger partial charge < -0.3 is 10.2 Å². The van der Waals surface area contributed by atoms with Crippen molar-refractivity contribution in [2.45, 2.75) is 71.8 Å². The number of aryl methyl sites for hydroxylation is 1. The number of halogens is 1. The number of anilines is 1. The van der Waals surface area contributed by atoms with E-state index in [0.717, 1.165) is 48.8 Å². The molecule has 0 aliphatic heterocycles. The molecule has 1 amide bonds. The van der Waals surface area contributed by atoms with Gasteiger partial charge in [-0.25, -0.2) is 9.59 Å². The van der Waals surface area contributed by atoms with E-state index in [9.17, 15) is 9.59 Å². The van der Waals surface area contributed by atoms with Crippen LogP contribution in [0.25, 0.3) is 0 Å². The van der Waals surface area contributed by atoms with Crippen molar-refractivity contribution in [1.29, 1.82) is 0 Å². The van der Waals surface area contributed by atoms with Crippen LogP contribution in [0.2, 0.25) is 5.02 Å². The zero-order valence-electron chi connectivity index (χ0n) is 20.6. The van der Waals surface area contributed by atoms with Gasteiger partial charge in [0.15, 0.2) is 0 Å². The average molecular weight is 477 g/mol. The predicted molar refractivity (Wildman–Crippen MR) is 136 cm³/mol. The quantitative estimate of drug-likeness (QED) is 0.473. The maximum atomic E-state index is 13.2. The standard InChI is InChI=1S/C24H37ClN6O2/c1-7-24(8-2,16-15-19-11-13-20(25)14-12-19)27-22(32)31-23(33)30(21(28-31)29(5)6)26-17-9-10-18(3)4/h11-14,17-18H,7-10,15-16H2,1-6H3,(H,27,32). The minimum absolute atomic E-state index is 0.302. The van der Waals surface area contributed by atoms with Crippen molar-refractivity contribution in [1.82, 2.24) is 19.8 Å². The van der Waals surface area contributed by atoms with Gasteiger partial charge in [-0.05, 0) is 62.1 Å². The van der Waals surface area contributed by atoms with Gasteiger partial charge >= 0.3 is 11.7 Å². The largest absolute Gasteiger partial charge is 0.377 e. The van der Waals surface area contributed by atoms with Crippen LogP contribution < -0.4 is 15.9 Å². The summed E-state index contributed by atoms with van der Waals surface area (Å²) in [5, 5.41) is 12.3. The highest BCUT2D eigenvalue weighted by atomic mass is 35.5.